The Balaban J connectivity index is 1.77. The van der Waals surface area contributed by atoms with Crippen LogP contribution >= 0.6 is 0 Å². The van der Waals surface area contributed by atoms with Crippen molar-refractivity contribution in [3.63, 3.8) is 0 Å². The van der Waals surface area contributed by atoms with Gasteiger partial charge in [-0.1, -0.05) is 13.8 Å². The molecule has 2 unspecified atom stereocenters. The molecule has 0 spiro atoms. The third kappa shape index (κ3) is 3.44. The molecule has 2 fully saturated rings. The van der Waals surface area contributed by atoms with Gasteiger partial charge >= 0.3 is 0 Å². The summed E-state index contributed by atoms with van der Waals surface area (Å²) in [6.45, 7) is 8.12. The summed E-state index contributed by atoms with van der Waals surface area (Å²) >= 11 is 0. The summed E-state index contributed by atoms with van der Waals surface area (Å²) in [6, 6.07) is 1.52. The van der Waals surface area contributed by atoms with Crippen molar-refractivity contribution in [3.8, 4) is 0 Å². The molecule has 0 amide bonds. The number of nitrogens with zero attached hydrogens (tertiary/aromatic N) is 1. The summed E-state index contributed by atoms with van der Waals surface area (Å²) in [6.07, 6.45) is 4.43. The topological polar surface area (TPSA) is 24.5 Å². The highest BCUT2D eigenvalue weighted by atomic mass is 16.5. The van der Waals surface area contributed by atoms with Crippen LogP contribution in [0.3, 0.4) is 0 Å². The van der Waals surface area contributed by atoms with Gasteiger partial charge in [0.2, 0.25) is 0 Å². The average molecular weight is 226 g/mol. The summed E-state index contributed by atoms with van der Waals surface area (Å²) in [4.78, 5) is 2.68. The highest BCUT2D eigenvalue weighted by Gasteiger charge is 2.33. The molecule has 2 atom stereocenters. The number of hydrogen-bond donors (Lipinski definition) is 1. The minimum absolute atomic E-state index is 0.435. The predicted octanol–water partition coefficient (Wildman–Crippen LogP) is 1.48. The van der Waals surface area contributed by atoms with Gasteiger partial charge in [-0.3, -0.25) is 4.90 Å². The molecule has 16 heavy (non-hydrogen) atoms. The summed E-state index contributed by atoms with van der Waals surface area (Å²) in [7, 11) is 1.82. The van der Waals surface area contributed by atoms with Crippen LogP contribution in [0.4, 0.5) is 0 Å². The second-order valence-electron chi connectivity index (χ2n) is 5.78. The lowest BCUT2D eigenvalue weighted by Crippen LogP contribution is -2.40. The summed E-state index contributed by atoms with van der Waals surface area (Å²) in [5.41, 5.74) is 0. The number of ether oxygens (including phenoxy) is 1. The van der Waals surface area contributed by atoms with E-state index < -0.39 is 0 Å². The zero-order valence-corrected chi connectivity index (χ0v) is 10.9. The molecule has 3 heteroatoms. The van der Waals surface area contributed by atoms with E-state index in [1.807, 2.05) is 7.11 Å². The van der Waals surface area contributed by atoms with Crippen molar-refractivity contribution in [3.05, 3.63) is 0 Å². The SMILES string of the molecule is COC1CNC(CN(CC(C)C)C2CC2)C1. The van der Waals surface area contributed by atoms with Crippen LogP contribution < -0.4 is 5.32 Å². The van der Waals surface area contributed by atoms with Crippen molar-refractivity contribution in [1.29, 1.82) is 0 Å². The van der Waals surface area contributed by atoms with Gasteiger partial charge in [-0.15, -0.1) is 0 Å². The maximum absolute atomic E-state index is 5.40. The predicted molar refractivity (Wildman–Crippen MR) is 66.6 cm³/mol. The van der Waals surface area contributed by atoms with E-state index in [0.29, 0.717) is 12.1 Å². The molecule has 1 saturated carbocycles. The number of nitrogens with one attached hydrogen (secondary N) is 1. The van der Waals surface area contributed by atoms with Gasteiger partial charge in [-0.25, -0.2) is 0 Å². The molecule has 2 aliphatic rings. The van der Waals surface area contributed by atoms with Crippen LogP contribution in [0.5, 0.6) is 0 Å². The van der Waals surface area contributed by atoms with Crippen LogP contribution in [0.2, 0.25) is 0 Å². The van der Waals surface area contributed by atoms with Gasteiger partial charge in [0, 0.05) is 38.8 Å². The molecule has 0 bridgehead atoms. The Hall–Kier alpha value is -0.120. The first-order chi connectivity index (χ1) is 7.69. The third-order valence-corrected chi connectivity index (χ3v) is 3.63. The van der Waals surface area contributed by atoms with E-state index in [-0.39, 0.29) is 0 Å². The van der Waals surface area contributed by atoms with Gasteiger partial charge < -0.3 is 10.1 Å². The molecule has 0 aromatic heterocycles. The Kier molecular flexibility index (Phi) is 4.22. The third-order valence-electron chi connectivity index (χ3n) is 3.63. The van der Waals surface area contributed by atoms with Crippen LogP contribution in [-0.2, 0) is 4.74 Å². The van der Waals surface area contributed by atoms with Gasteiger partial charge in [-0.2, -0.15) is 0 Å². The van der Waals surface area contributed by atoms with Gasteiger partial charge in [0.25, 0.3) is 0 Å². The first kappa shape index (κ1) is 12.3. The zero-order chi connectivity index (χ0) is 11.5. The fourth-order valence-corrected chi connectivity index (χ4v) is 2.67. The molecule has 0 radical (unpaired) electrons. The quantitative estimate of drug-likeness (QED) is 0.742. The lowest BCUT2D eigenvalue weighted by atomic mass is 10.1. The van der Waals surface area contributed by atoms with Crippen LogP contribution in [0, 0.1) is 5.92 Å². The van der Waals surface area contributed by atoms with Crippen LogP contribution in [0.1, 0.15) is 33.1 Å². The first-order valence-corrected chi connectivity index (χ1v) is 6.69. The number of hydrogen-bond acceptors (Lipinski definition) is 3. The molecule has 1 aliphatic carbocycles. The lowest BCUT2D eigenvalue weighted by molar-refractivity contribution is 0.115. The minimum atomic E-state index is 0.435. The van der Waals surface area contributed by atoms with E-state index in [9.17, 15) is 0 Å². The largest absolute Gasteiger partial charge is 0.380 e. The standard InChI is InChI=1S/C13H26N2O/c1-10(2)8-15(12-4-5-12)9-11-6-13(16-3)7-14-11/h10-14H,4-9H2,1-3H3. The van der Waals surface area contributed by atoms with E-state index >= 15 is 0 Å². The van der Waals surface area contributed by atoms with Crippen LogP contribution in [0.25, 0.3) is 0 Å². The van der Waals surface area contributed by atoms with Crippen molar-refractivity contribution < 1.29 is 4.74 Å². The molecular formula is C13H26N2O. The molecule has 94 valence electrons. The van der Waals surface area contributed by atoms with Crippen molar-refractivity contribution in [2.75, 3.05) is 26.7 Å². The molecule has 0 aromatic rings. The molecular weight excluding hydrogens is 200 g/mol. The molecule has 1 aliphatic heterocycles. The van der Waals surface area contributed by atoms with Crippen molar-refractivity contribution >= 4 is 0 Å². The molecule has 3 nitrogen and oxygen atoms in total. The maximum Gasteiger partial charge on any atom is 0.0711 e. The Morgan fingerprint density at radius 1 is 1.38 bits per heavy atom. The van der Waals surface area contributed by atoms with Crippen LogP contribution in [-0.4, -0.2) is 49.8 Å². The number of rotatable bonds is 6. The van der Waals surface area contributed by atoms with Gasteiger partial charge in [0.15, 0.2) is 0 Å². The van der Waals surface area contributed by atoms with Gasteiger partial charge in [0.1, 0.15) is 0 Å². The van der Waals surface area contributed by atoms with Crippen LogP contribution in [0.15, 0.2) is 0 Å². The fourth-order valence-electron chi connectivity index (χ4n) is 2.67. The van der Waals surface area contributed by atoms with Crippen molar-refractivity contribution in [1.82, 2.24) is 10.2 Å². The zero-order valence-electron chi connectivity index (χ0n) is 10.9. The summed E-state index contributed by atoms with van der Waals surface area (Å²) < 4.78 is 5.40. The molecule has 0 aromatic carbocycles. The number of methoxy groups -OCH3 is 1. The minimum Gasteiger partial charge on any atom is -0.380 e. The summed E-state index contributed by atoms with van der Waals surface area (Å²) in [5.74, 6) is 0.778. The van der Waals surface area contributed by atoms with E-state index in [1.54, 1.807) is 0 Å². The van der Waals surface area contributed by atoms with Gasteiger partial charge in [0.05, 0.1) is 6.10 Å². The van der Waals surface area contributed by atoms with E-state index in [1.165, 1.54) is 32.4 Å². The average Bonchev–Trinajstić information content (AvgIpc) is 2.98. The molecule has 2 rings (SSSR count). The Bertz CT molecular complexity index is 216. The highest BCUT2D eigenvalue weighted by Crippen LogP contribution is 2.28. The normalized spacial score (nSPS) is 30.6. The smallest absolute Gasteiger partial charge is 0.0711 e. The van der Waals surface area contributed by atoms with Gasteiger partial charge in [-0.05, 0) is 25.2 Å². The van der Waals surface area contributed by atoms with Crippen molar-refractivity contribution in [2.45, 2.75) is 51.3 Å². The van der Waals surface area contributed by atoms with E-state index in [2.05, 4.69) is 24.1 Å². The monoisotopic (exact) mass is 226 g/mol. The fraction of sp³-hybridized carbons (Fsp3) is 1.00. The second-order valence-corrected chi connectivity index (χ2v) is 5.78. The maximum atomic E-state index is 5.40. The Labute approximate surface area is 99.5 Å². The second kappa shape index (κ2) is 5.48. The highest BCUT2D eigenvalue weighted by molar-refractivity contribution is 4.90. The van der Waals surface area contributed by atoms with E-state index in [4.69, 9.17) is 4.74 Å². The van der Waals surface area contributed by atoms with E-state index in [0.717, 1.165) is 18.5 Å². The Morgan fingerprint density at radius 3 is 2.62 bits per heavy atom. The lowest BCUT2D eigenvalue weighted by Gasteiger charge is -2.27. The molecule has 1 saturated heterocycles. The molecule has 1 heterocycles. The van der Waals surface area contributed by atoms with Crippen molar-refractivity contribution in [2.24, 2.45) is 5.92 Å². The first-order valence-electron chi connectivity index (χ1n) is 6.69. The Morgan fingerprint density at radius 2 is 2.12 bits per heavy atom. The molecule has 1 N–H and O–H groups in total. The summed E-state index contributed by atoms with van der Waals surface area (Å²) in [5, 5.41) is 3.58.